The molecule has 0 spiro atoms. The van der Waals surface area contributed by atoms with E-state index in [1.807, 2.05) is 24.3 Å². The SMILES string of the molecule is COCCN1C(=O)C(=O)/C(=C(\O)c2c[nH]c3ccccc23)C1c1ccco1. The Hall–Kier alpha value is -3.32. The number of methoxy groups -OCH3 is 1. The van der Waals surface area contributed by atoms with E-state index >= 15 is 0 Å². The number of hydrogen-bond donors (Lipinski definition) is 2. The number of nitrogens with one attached hydrogen (secondary N) is 1. The number of aromatic nitrogens is 1. The number of nitrogens with zero attached hydrogens (tertiary/aromatic N) is 1. The van der Waals surface area contributed by atoms with Gasteiger partial charge in [-0.15, -0.1) is 0 Å². The van der Waals surface area contributed by atoms with E-state index in [0.717, 1.165) is 10.9 Å². The highest BCUT2D eigenvalue weighted by molar-refractivity contribution is 6.46. The lowest BCUT2D eigenvalue weighted by molar-refractivity contribution is -0.140. The Morgan fingerprint density at radius 1 is 1.26 bits per heavy atom. The summed E-state index contributed by atoms with van der Waals surface area (Å²) < 4.78 is 10.5. The third-order valence-corrected chi connectivity index (χ3v) is 4.73. The highest BCUT2D eigenvalue weighted by Crippen LogP contribution is 2.40. The molecule has 2 aromatic heterocycles. The second-order valence-electron chi connectivity index (χ2n) is 6.25. The molecule has 27 heavy (non-hydrogen) atoms. The van der Waals surface area contributed by atoms with E-state index < -0.39 is 17.7 Å². The van der Waals surface area contributed by atoms with Crippen molar-refractivity contribution in [1.29, 1.82) is 0 Å². The van der Waals surface area contributed by atoms with Gasteiger partial charge in [0.1, 0.15) is 17.6 Å². The number of carbonyl (C=O) groups excluding carboxylic acids is 2. The molecule has 0 radical (unpaired) electrons. The van der Waals surface area contributed by atoms with Crippen LogP contribution in [0.15, 0.2) is 58.8 Å². The van der Waals surface area contributed by atoms with Gasteiger partial charge in [0.25, 0.3) is 11.7 Å². The third kappa shape index (κ3) is 2.72. The monoisotopic (exact) mass is 366 g/mol. The molecule has 0 aliphatic carbocycles. The fraction of sp³-hybridized carbons (Fsp3) is 0.200. The average molecular weight is 366 g/mol. The molecule has 0 saturated carbocycles. The molecule has 1 aliphatic heterocycles. The highest BCUT2D eigenvalue weighted by atomic mass is 16.5. The number of aromatic amines is 1. The molecule has 138 valence electrons. The number of likely N-dealkylation sites (tertiary alicyclic amines) is 1. The van der Waals surface area contributed by atoms with E-state index in [2.05, 4.69) is 4.98 Å². The molecule has 4 rings (SSSR count). The molecule has 1 unspecified atom stereocenters. The number of ketones is 1. The number of carbonyl (C=O) groups is 2. The Labute approximate surface area is 154 Å². The van der Waals surface area contributed by atoms with Gasteiger partial charge in [-0.05, 0) is 18.2 Å². The van der Waals surface area contributed by atoms with Crippen molar-refractivity contribution in [1.82, 2.24) is 9.88 Å². The Balaban J connectivity index is 1.89. The van der Waals surface area contributed by atoms with Gasteiger partial charge in [0, 0.05) is 36.3 Å². The molecule has 1 aromatic carbocycles. The van der Waals surface area contributed by atoms with Crippen LogP contribution in [0.1, 0.15) is 17.4 Å². The average Bonchev–Trinajstić information content (AvgIpc) is 3.40. The van der Waals surface area contributed by atoms with Gasteiger partial charge in [-0.1, -0.05) is 18.2 Å². The summed E-state index contributed by atoms with van der Waals surface area (Å²) in [6, 6.07) is 9.97. The number of hydrogen-bond acceptors (Lipinski definition) is 5. The number of benzene rings is 1. The number of H-pyrrole nitrogens is 1. The fourth-order valence-electron chi connectivity index (χ4n) is 3.46. The summed E-state index contributed by atoms with van der Waals surface area (Å²) in [7, 11) is 1.52. The van der Waals surface area contributed by atoms with Crippen molar-refractivity contribution in [3.8, 4) is 0 Å². The maximum atomic E-state index is 12.8. The van der Waals surface area contributed by atoms with Crippen LogP contribution in [-0.2, 0) is 14.3 Å². The smallest absolute Gasteiger partial charge is 0.295 e. The van der Waals surface area contributed by atoms with Gasteiger partial charge >= 0.3 is 0 Å². The normalized spacial score (nSPS) is 19.3. The van der Waals surface area contributed by atoms with E-state index in [4.69, 9.17) is 9.15 Å². The van der Waals surface area contributed by atoms with Crippen molar-refractivity contribution in [3.05, 3.63) is 65.8 Å². The van der Waals surface area contributed by atoms with E-state index in [1.54, 1.807) is 18.3 Å². The lowest BCUT2D eigenvalue weighted by atomic mass is 9.99. The number of ether oxygens (including phenoxy) is 1. The van der Waals surface area contributed by atoms with Crippen molar-refractivity contribution in [3.63, 3.8) is 0 Å². The first-order chi connectivity index (χ1) is 13.1. The minimum Gasteiger partial charge on any atom is -0.507 e. The molecule has 7 heteroatoms. The van der Waals surface area contributed by atoms with Crippen LogP contribution < -0.4 is 0 Å². The molecule has 1 fully saturated rings. The quantitative estimate of drug-likeness (QED) is 0.411. The van der Waals surface area contributed by atoms with E-state index in [0.29, 0.717) is 11.3 Å². The van der Waals surface area contributed by atoms with Crippen molar-refractivity contribution < 1.29 is 23.8 Å². The zero-order chi connectivity index (χ0) is 19.0. The zero-order valence-corrected chi connectivity index (χ0v) is 14.6. The van der Waals surface area contributed by atoms with Crippen molar-refractivity contribution in [2.75, 3.05) is 20.3 Å². The van der Waals surface area contributed by atoms with E-state index in [-0.39, 0.29) is 24.5 Å². The number of aliphatic hydroxyl groups excluding tert-OH is 1. The maximum absolute atomic E-state index is 12.8. The molecule has 3 heterocycles. The van der Waals surface area contributed by atoms with Gasteiger partial charge in [0.2, 0.25) is 0 Å². The molecule has 3 aromatic rings. The highest BCUT2D eigenvalue weighted by Gasteiger charge is 2.47. The van der Waals surface area contributed by atoms with Crippen LogP contribution in [0.4, 0.5) is 0 Å². The van der Waals surface area contributed by atoms with Gasteiger partial charge in [0.15, 0.2) is 0 Å². The summed E-state index contributed by atoms with van der Waals surface area (Å²) in [5.74, 6) is -1.25. The summed E-state index contributed by atoms with van der Waals surface area (Å²) in [5.41, 5.74) is 1.30. The number of furan rings is 1. The Kier molecular flexibility index (Phi) is 4.29. The van der Waals surface area contributed by atoms with Crippen LogP contribution in [0.5, 0.6) is 0 Å². The summed E-state index contributed by atoms with van der Waals surface area (Å²) >= 11 is 0. The summed E-state index contributed by atoms with van der Waals surface area (Å²) in [6.45, 7) is 0.467. The lowest BCUT2D eigenvalue weighted by Gasteiger charge is -2.22. The van der Waals surface area contributed by atoms with Crippen LogP contribution in [0.3, 0.4) is 0 Å². The first-order valence-electron chi connectivity index (χ1n) is 8.50. The Morgan fingerprint density at radius 2 is 2.07 bits per heavy atom. The summed E-state index contributed by atoms with van der Waals surface area (Å²) in [6.07, 6.45) is 3.10. The molecule has 1 amide bonds. The predicted molar refractivity (Wildman–Crippen MR) is 97.9 cm³/mol. The largest absolute Gasteiger partial charge is 0.507 e. The van der Waals surface area contributed by atoms with Crippen LogP contribution in [0.25, 0.3) is 16.7 Å². The van der Waals surface area contributed by atoms with Crippen molar-refractivity contribution in [2.24, 2.45) is 0 Å². The fourth-order valence-corrected chi connectivity index (χ4v) is 3.46. The maximum Gasteiger partial charge on any atom is 0.295 e. The van der Waals surface area contributed by atoms with Crippen molar-refractivity contribution in [2.45, 2.75) is 6.04 Å². The number of aliphatic hydroxyl groups is 1. The number of fused-ring (bicyclic) bond motifs is 1. The predicted octanol–water partition coefficient (Wildman–Crippen LogP) is 2.83. The molecule has 1 aliphatic rings. The number of para-hydroxylation sites is 1. The van der Waals surface area contributed by atoms with E-state index in [1.165, 1.54) is 18.3 Å². The summed E-state index contributed by atoms with van der Waals surface area (Å²) in [4.78, 5) is 29.8. The van der Waals surface area contributed by atoms with Gasteiger partial charge < -0.3 is 24.1 Å². The van der Waals surface area contributed by atoms with Gasteiger partial charge in [-0.2, -0.15) is 0 Å². The van der Waals surface area contributed by atoms with Crippen LogP contribution in [0.2, 0.25) is 0 Å². The molecule has 1 saturated heterocycles. The van der Waals surface area contributed by atoms with Crippen LogP contribution >= 0.6 is 0 Å². The van der Waals surface area contributed by atoms with Crippen molar-refractivity contribution >= 4 is 28.4 Å². The molecule has 1 atom stereocenters. The molecule has 2 N–H and O–H groups in total. The van der Waals surface area contributed by atoms with Gasteiger partial charge in [-0.25, -0.2) is 0 Å². The second-order valence-corrected chi connectivity index (χ2v) is 6.25. The standard InChI is InChI=1S/C20H18N2O5/c1-26-10-8-22-17(15-7-4-9-27-15)16(19(24)20(22)25)18(23)13-11-21-14-6-3-2-5-12(13)14/h2-7,9,11,17,21,23H,8,10H2,1H3/b18-16-. The Bertz CT molecular complexity index is 1030. The first-order valence-corrected chi connectivity index (χ1v) is 8.50. The molecule has 7 nitrogen and oxygen atoms in total. The van der Waals surface area contributed by atoms with E-state index in [9.17, 15) is 14.7 Å². The second kappa shape index (κ2) is 6.77. The van der Waals surface area contributed by atoms with Gasteiger partial charge in [-0.3, -0.25) is 9.59 Å². The minimum atomic E-state index is -0.802. The first kappa shape index (κ1) is 17.1. The van der Waals surface area contributed by atoms with Crippen LogP contribution in [-0.4, -0.2) is 46.9 Å². The molecular weight excluding hydrogens is 348 g/mol. The van der Waals surface area contributed by atoms with Gasteiger partial charge in [0.05, 0.1) is 18.4 Å². The number of amides is 1. The third-order valence-electron chi connectivity index (χ3n) is 4.73. The minimum absolute atomic E-state index is 0.0100. The molecule has 0 bridgehead atoms. The number of Topliss-reactive ketones (excluding diaryl/α,β-unsaturated/α-hetero) is 1. The Morgan fingerprint density at radius 3 is 2.81 bits per heavy atom. The van der Waals surface area contributed by atoms with Crippen LogP contribution in [0, 0.1) is 0 Å². The summed E-state index contributed by atoms with van der Waals surface area (Å²) in [5, 5.41) is 11.8. The number of rotatable bonds is 5. The lowest BCUT2D eigenvalue weighted by Crippen LogP contribution is -2.32. The molecular formula is C20H18N2O5. The zero-order valence-electron chi connectivity index (χ0n) is 14.6. The topological polar surface area (TPSA) is 95.8 Å².